The van der Waals surface area contributed by atoms with Crippen molar-refractivity contribution in [2.75, 3.05) is 19.0 Å². The first-order chi connectivity index (χ1) is 13.0. The van der Waals surface area contributed by atoms with Crippen molar-refractivity contribution in [2.24, 2.45) is 5.73 Å². The Kier molecular flexibility index (Phi) is 4.06. The smallest absolute Gasteiger partial charge is 0.269 e. The number of benzene rings is 1. The third-order valence-electron chi connectivity index (χ3n) is 5.07. The van der Waals surface area contributed by atoms with Gasteiger partial charge < -0.3 is 20.7 Å². The van der Waals surface area contributed by atoms with E-state index in [2.05, 4.69) is 15.5 Å². The van der Waals surface area contributed by atoms with E-state index < -0.39 is 11.8 Å². The number of amides is 3. The number of nitrogens with one attached hydrogen (secondary N) is 2. The molecular formula is C18H19N5O4. The molecule has 0 radical (unpaired) electrons. The molecule has 0 saturated carbocycles. The zero-order valence-corrected chi connectivity index (χ0v) is 14.7. The topological polar surface area (TPSA) is 130 Å². The highest BCUT2D eigenvalue weighted by atomic mass is 16.5. The lowest BCUT2D eigenvalue weighted by atomic mass is 9.88. The number of H-pyrrole nitrogens is 1. The van der Waals surface area contributed by atoms with Crippen LogP contribution in [0.4, 0.5) is 5.69 Å². The van der Waals surface area contributed by atoms with Crippen LogP contribution in [0.15, 0.2) is 18.2 Å². The molecule has 0 unspecified atom stereocenters. The first kappa shape index (κ1) is 17.1. The Hall–Kier alpha value is -3.36. The number of nitrogens with zero attached hydrogens (tertiary/aromatic N) is 2. The Bertz CT molecular complexity index is 951. The number of hydrogen-bond acceptors (Lipinski definition) is 5. The van der Waals surface area contributed by atoms with Gasteiger partial charge in [0.2, 0.25) is 11.8 Å². The van der Waals surface area contributed by atoms with Crippen LogP contribution in [0, 0.1) is 0 Å². The minimum absolute atomic E-state index is 0.0659. The fourth-order valence-corrected chi connectivity index (χ4v) is 3.69. The number of primary amides is 1. The summed E-state index contributed by atoms with van der Waals surface area (Å²) < 4.78 is 5.26. The average Bonchev–Trinajstić information content (AvgIpc) is 3.09. The van der Waals surface area contributed by atoms with Crippen molar-refractivity contribution in [3.05, 3.63) is 40.7 Å². The number of aromatic nitrogens is 2. The number of rotatable bonds is 3. The molecule has 140 valence electrons. The average molecular weight is 369 g/mol. The maximum Gasteiger partial charge on any atom is 0.269 e. The van der Waals surface area contributed by atoms with E-state index in [0.717, 1.165) is 11.3 Å². The molecule has 0 bridgehead atoms. The maximum atomic E-state index is 13.2. The van der Waals surface area contributed by atoms with Gasteiger partial charge in [-0.05, 0) is 23.8 Å². The molecule has 3 heterocycles. The number of carbonyl (C=O) groups is 3. The van der Waals surface area contributed by atoms with E-state index in [-0.39, 0.29) is 30.5 Å². The van der Waals surface area contributed by atoms with Gasteiger partial charge in [0, 0.05) is 42.9 Å². The van der Waals surface area contributed by atoms with Crippen LogP contribution in [0.2, 0.25) is 0 Å². The Morgan fingerprint density at radius 3 is 2.93 bits per heavy atom. The third kappa shape index (κ3) is 2.90. The second-order valence-corrected chi connectivity index (χ2v) is 6.66. The summed E-state index contributed by atoms with van der Waals surface area (Å²) in [5.41, 5.74) is 8.33. The van der Waals surface area contributed by atoms with Crippen molar-refractivity contribution in [3.63, 3.8) is 0 Å². The highest BCUT2D eigenvalue weighted by Crippen LogP contribution is 2.37. The lowest BCUT2D eigenvalue weighted by Gasteiger charge is -2.33. The molecule has 0 spiro atoms. The lowest BCUT2D eigenvalue weighted by Crippen LogP contribution is -2.41. The van der Waals surface area contributed by atoms with Gasteiger partial charge in [0.25, 0.3) is 5.91 Å². The van der Waals surface area contributed by atoms with Gasteiger partial charge in [-0.25, -0.2) is 0 Å². The normalized spacial score (nSPS) is 18.3. The summed E-state index contributed by atoms with van der Waals surface area (Å²) in [5.74, 6) is -0.982. The van der Waals surface area contributed by atoms with Gasteiger partial charge in [0.05, 0.1) is 13.0 Å². The zero-order chi connectivity index (χ0) is 19.1. The lowest BCUT2D eigenvalue weighted by molar-refractivity contribution is -0.135. The van der Waals surface area contributed by atoms with Crippen LogP contribution in [-0.4, -0.2) is 46.5 Å². The number of methoxy groups -OCH3 is 1. The Morgan fingerprint density at radius 1 is 1.37 bits per heavy atom. The zero-order valence-electron chi connectivity index (χ0n) is 14.7. The van der Waals surface area contributed by atoms with Gasteiger partial charge in [-0.2, -0.15) is 5.10 Å². The molecule has 2 aliphatic heterocycles. The molecule has 0 aliphatic carbocycles. The van der Waals surface area contributed by atoms with Crippen LogP contribution >= 0.6 is 0 Å². The molecule has 1 atom stereocenters. The van der Waals surface area contributed by atoms with Crippen molar-refractivity contribution in [3.8, 4) is 5.75 Å². The summed E-state index contributed by atoms with van der Waals surface area (Å²) in [6.07, 6.45) is 0.613. The summed E-state index contributed by atoms with van der Waals surface area (Å²) in [5, 5.41) is 9.56. The SMILES string of the molecule is COc1ccc2c(c1)[C@H](C(=O)N1CCc3[nH]nc(C(N)=O)c3C1)CC(=O)N2. The molecule has 4 N–H and O–H groups in total. The highest BCUT2D eigenvalue weighted by Gasteiger charge is 2.36. The first-order valence-electron chi connectivity index (χ1n) is 8.60. The fourth-order valence-electron chi connectivity index (χ4n) is 3.69. The van der Waals surface area contributed by atoms with Crippen LogP contribution in [-0.2, 0) is 22.6 Å². The van der Waals surface area contributed by atoms with Gasteiger partial charge in [-0.15, -0.1) is 0 Å². The Labute approximate surface area is 154 Å². The largest absolute Gasteiger partial charge is 0.497 e. The van der Waals surface area contributed by atoms with Crippen LogP contribution < -0.4 is 15.8 Å². The second kappa shape index (κ2) is 6.42. The van der Waals surface area contributed by atoms with Gasteiger partial charge >= 0.3 is 0 Å². The molecule has 3 amide bonds. The van der Waals surface area contributed by atoms with Gasteiger partial charge in [0.1, 0.15) is 5.75 Å². The molecule has 27 heavy (non-hydrogen) atoms. The summed E-state index contributed by atoms with van der Waals surface area (Å²) in [6.45, 7) is 0.712. The van der Waals surface area contributed by atoms with Gasteiger partial charge in [-0.3, -0.25) is 19.5 Å². The molecule has 2 aliphatic rings. The predicted molar refractivity (Wildman–Crippen MR) is 95.2 cm³/mol. The quantitative estimate of drug-likeness (QED) is 0.726. The number of hydrogen-bond donors (Lipinski definition) is 3. The number of ether oxygens (including phenoxy) is 1. The predicted octanol–water partition coefficient (Wildman–Crippen LogP) is 0.528. The minimum atomic E-state index is -0.631. The van der Waals surface area contributed by atoms with E-state index in [1.807, 2.05) is 0 Å². The van der Waals surface area contributed by atoms with Crippen molar-refractivity contribution < 1.29 is 19.1 Å². The molecule has 9 nitrogen and oxygen atoms in total. The van der Waals surface area contributed by atoms with Crippen LogP contribution in [0.3, 0.4) is 0 Å². The van der Waals surface area contributed by atoms with Crippen molar-refractivity contribution in [1.82, 2.24) is 15.1 Å². The molecule has 1 aromatic carbocycles. The molecular weight excluding hydrogens is 350 g/mol. The maximum absolute atomic E-state index is 13.2. The van der Waals surface area contributed by atoms with E-state index in [1.165, 1.54) is 0 Å². The summed E-state index contributed by atoms with van der Waals surface area (Å²) in [4.78, 5) is 38.5. The molecule has 9 heteroatoms. The number of anilines is 1. The first-order valence-corrected chi connectivity index (χ1v) is 8.60. The van der Waals surface area contributed by atoms with Crippen molar-refractivity contribution in [2.45, 2.75) is 25.3 Å². The number of nitrogens with two attached hydrogens (primary N) is 1. The molecule has 0 fully saturated rings. The fraction of sp³-hybridized carbons (Fsp3) is 0.333. The highest BCUT2D eigenvalue weighted by molar-refractivity contribution is 6.01. The number of carbonyl (C=O) groups excluding carboxylic acids is 3. The van der Waals surface area contributed by atoms with Gasteiger partial charge in [-0.1, -0.05) is 0 Å². The third-order valence-corrected chi connectivity index (χ3v) is 5.07. The molecule has 2 aromatic rings. The Morgan fingerprint density at radius 2 is 2.19 bits per heavy atom. The monoisotopic (exact) mass is 369 g/mol. The van der Waals surface area contributed by atoms with Crippen LogP contribution in [0.1, 0.15) is 39.6 Å². The second-order valence-electron chi connectivity index (χ2n) is 6.66. The molecule has 4 rings (SSSR count). The molecule has 0 saturated heterocycles. The van der Waals surface area contributed by atoms with Crippen molar-refractivity contribution in [1.29, 1.82) is 0 Å². The van der Waals surface area contributed by atoms with E-state index in [0.29, 0.717) is 30.0 Å². The molecule has 1 aromatic heterocycles. The minimum Gasteiger partial charge on any atom is -0.497 e. The van der Waals surface area contributed by atoms with Crippen LogP contribution in [0.25, 0.3) is 0 Å². The van der Waals surface area contributed by atoms with E-state index in [9.17, 15) is 14.4 Å². The summed E-state index contributed by atoms with van der Waals surface area (Å²) in [7, 11) is 1.55. The van der Waals surface area contributed by atoms with E-state index in [1.54, 1.807) is 30.2 Å². The number of aromatic amines is 1. The van der Waals surface area contributed by atoms with Gasteiger partial charge in [0.15, 0.2) is 5.69 Å². The van der Waals surface area contributed by atoms with Crippen molar-refractivity contribution >= 4 is 23.4 Å². The summed E-state index contributed by atoms with van der Waals surface area (Å²) >= 11 is 0. The summed E-state index contributed by atoms with van der Waals surface area (Å²) in [6, 6.07) is 5.25. The van der Waals surface area contributed by atoms with E-state index >= 15 is 0 Å². The standard InChI is InChI=1S/C18H19N5O4/c1-27-9-2-3-13-10(6-9)11(7-15(24)20-13)18(26)23-5-4-14-12(8-23)16(17(19)25)22-21-14/h2-3,6,11H,4-5,7-8H2,1H3,(H2,19,25)(H,20,24)(H,21,22)/t11-/m1/s1. The van der Waals surface area contributed by atoms with E-state index in [4.69, 9.17) is 10.5 Å². The number of fused-ring (bicyclic) bond motifs is 2. The van der Waals surface area contributed by atoms with Crippen LogP contribution in [0.5, 0.6) is 5.75 Å². The Balaban J connectivity index is 1.65.